The molecule has 0 heterocycles. The second-order valence-electron chi connectivity index (χ2n) is 11.3. The summed E-state index contributed by atoms with van der Waals surface area (Å²) in [5.74, 6) is 1.20. The Bertz CT molecular complexity index is 1120. The molecule has 4 heteroatoms. The van der Waals surface area contributed by atoms with E-state index in [2.05, 4.69) is 59.7 Å². The Morgan fingerprint density at radius 1 is 0.667 bits per heavy atom. The highest BCUT2D eigenvalue weighted by atomic mass is 16.5. The topological polar surface area (TPSA) is 44.8 Å². The van der Waals surface area contributed by atoms with Gasteiger partial charge in [0.15, 0.2) is 0 Å². The molecule has 36 heavy (non-hydrogen) atoms. The fourth-order valence-corrected chi connectivity index (χ4v) is 3.85. The Balaban J connectivity index is 1.59. The average molecular weight is 489 g/mol. The number of ether oxygens (including phenoxy) is 3. The molecular weight excluding hydrogens is 448 g/mol. The number of unbranched alkanes of at least 4 members (excludes halogenated alkanes) is 1. The Morgan fingerprint density at radius 2 is 1.19 bits per heavy atom. The van der Waals surface area contributed by atoms with Gasteiger partial charge in [-0.25, -0.2) is 4.79 Å². The van der Waals surface area contributed by atoms with Crippen LogP contribution in [0.1, 0.15) is 75.9 Å². The number of carbonyl (C=O) groups excluding carboxylic acids is 1. The monoisotopic (exact) mass is 488 g/mol. The van der Waals surface area contributed by atoms with Crippen LogP contribution in [0.3, 0.4) is 0 Å². The molecule has 0 unspecified atom stereocenters. The maximum absolute atomic E-state index is 12.2. The molecule has 0 fully saturated rings. The third-order valence-electron chi connectivity index (χ3n) is 6.15. The third-order valence-corrected chi connectivity index (χ3v) is 6.15. The van der Waals surface area contributed by atoms with Crippen molar-refractivity contribution in [2.75, 3.05) is 20.3 Å². The smallest absolute Gasteiger partial charge is 0.338 e. The summed E-state index contributed by atoms with van der Waals surface area (Å²) in [7, 11) is 1.39. The van der Waals surface area contributed by atoms with E-state index < -0.39 is 0 Å². The van der Waals surface area contributed by atoms with Crippen molar-refractivity contribution in [1.29, 1.82) is 0 Å². The van der Waals surface area contributed by atoms with Crippen LogP contribution in [-0.2, 0) is 15.6 Å². The lowest BCUT2D eigenvalue weighted by molar-refractivity contribution is 0.0600. The average Bonchev–Trinajstić information content (AvgIpc) is 2.84. The van der Waals surface area contributed by atoms with Gasteiger partial charge >= 0.3 is 5.97 Å². The molecule has 0 amide bonds. The molecule has 0 bridgehead atoms. The van der Waals surface area contributed by atoms with Gasteiger partial charge in [-0.15, -0.1) is 0 Å². The SMILES string of the molecule is COC(=O)c1cc(OCCCCOc2cc(C(C)(C)C)cc(C(C)(C)C)c2)cc(-c2ccccc2)c1. The minimum atomic E-state index is -0.377. The quantitative estimate of drug-likeness (QED) is 0.226. The minimum Gasteiger partial charge on any atom is -0.494 e. The maximum Gasteiger partial charge on any atom is 0.338 e. The van der Waals surface area contributed by atoms with E-state index in [0.29, 0.717) is 24.5 Å². The van der Waals surface area contributed by atoms with Gasteiger partial charge in [0.2, 0.25) is 0 Å². The van der Waals surface area contributed by atoms with Crippen molar-refractivity contribution in [3.05, 3.63) is 83.4 Å². The van der Waals surface area contributed by atoms with E-state index in [9.17, 15) is 4.79 Å². The molecule has 0 radical (unpaired) electrons. The zero-order valence-electron chi connectivity index (χ0n) is 22.8. The van der Waals surface area contributed by atoms with Gasteiger partial charge in [-0.05, 0) is 76.3 Å². The lowest BCUT2D eigenvalue weighted by atomic mass is 9.80. The van der Waals surface area contributed by atoms with Crippen molar-refractivity contribution in [3.8, 4) is 22.6 Å². The summed E-state index contributed by atoms with van der Waals surface area (Å²) in [5, 5.41) is 0. The number of benzene rings is 3. The molecule has 0 atom stereocenters. The number of esters is 1. The molecule has 192 valence electrons. The predicted octanol–water partition coefficient (Wildman–Crippen LogP) is 7.97. The van der Waals surface area contributed by atoms with Crippen molar-refractivity contribution >= 4 is 5.97 Å². The zero-order chi connectivity index (χ0) is 26.3. The number of rotatable bonds is 9. The first-order valence-corrected chi connectivity index (χ1v) is 12.7. The molecule has 0 saturated carbocycles. The molecule has 0 aliphatic carbocycles. The second kappa shape index (κ2) is 11.6. The number of hydrogen-bond acceptors (Lipinski definition) is 4. The van der Waals surface area contributed by atoms with Gasteiger partial charge in [0, 0.05) is 0 Å². The van der Waals surface area contributed by atoms with Gasteiger partial charge < -0.3 is 14.2 Å². The number of carbonyl (C=O) groups is 1. The highest BCUT2D eigenvalue weighted by Crippen LogP contribution is 2.33. The standard InChI is InChI=1S/C32H40O4/c1-31(2,3)26-20-27(32(4,5)6)22-29(21-26)36-16-12-11-15-35-28-18-24(23-13-9-8-10-14-23)17-25(19-28)30(33)34-7/h8-10,13-14,17-22H,11-12,15-16H2,1-7H3. The molecular formula is C32H40O4. The summed E-state index contributed by atoms with van der Waals surface area (Å²) in [6, 6.07) is 22.1. The Morgan fingerprint density at radius 3 is 1.69 bits per heavy atom. The van der Waals surface area contributed by atoms with Crippen LogP contribution in [0.2, 0.25) is 0 Å². The fourth-order valence-electron chi connectivity index (χ4n) is 3.85. The van der Waals surface area contributed by atoms with Crippen LogP contribution < -0.4 is 9.47 Å². The summed E-state index contributed by atoms with van der Waals surface area (Å²) < 4.78 is 17.1. The first kappa shape index (κ1) is 27.3. The van der Waals surface area contributed by atoms with E-state index in [1.165, 1.54) is 18.2 Å². The summed E-state index contributed by atoms with van der Waals surface area (Å²) in [6.45, 7) is 14.5. The maximum atomic E-state index is 12.2. The molecule has 0 aliphatic rings. The van der Waals surface area contributed by atoms with Crippen LogP contribution in [0.4, 0.5) is 0 Å². The normalized spacial score (nSPS) is 11.8. The number of hydrogen-bond donors (Lipinski definition) is 0. The highest BCUT2D eigenvalue weighted by Gasteiger charge is 2.21. The molecule has 0 spiro atoms. The van der Waals surface area contributed by atoms with Crippen molar-refractivity contribution in [1.82, 2.24) is 0 Å². The molecule has 3 aromatic carbocycles. The molecule has 0 saturated heterocycles. The van der Waals surface area contributed by atoms with Crippen molar-refractivity contribution in [2.45, 2.75) is 65.2 Å². The van der Waals surface area contributed by atoms with E-state index in [-0.39, 0.29) is 16.8 Å². The first-order valence-electron chi connectivity index (χ1n) is 12.7. The predicted molar refractivity (Wildman–Crippen MR) is 147 cm³/mol. The molecule has 0 aromatic heterocycles. The van der Waals surface area contributed by atoms with Crippen LogP contribution in [0.25, 0.3) is 11.1 Å². The lowest BCUT2D eigenvalue weighted by Crippen LogP contribution is -2.16. The van der Waals surface area contributed by atoms with Crippen LogP contribution in [-0.4, -0.2) is 26.3 Å². The molecule has 3 aromatic rings. The Hall–Kier alpha value is -3.27. The second-order valence-corrected chi connectivity index (χ2v) is 11.3. The van der Waals surface area contributed by atoms with Crippen LogP contribution in [0.5, 0.6) is 11.5 Å². The first-order chi connectivity index (χ1) is 17.0. The molecule has 3 rings (SSSR count). The van der Waals surface area contributed by atoms with Crippen molar-refractivity contribution < 1.29 is 19.0 Å². The Kier molecular flexibility index (Phi) is 8.84. The fraction of sp³-hybridized carbons (Fsp3) is 0.406. The van der Waals surface area contributed by atoms with Crippen LogP contribution >= 0.6 is 0 Å². The zero-order valence-corrected chi connectivity index (χ0v) is 22.8. The van der Waals surface area contributed by atoms with Gasteiger partial charge in [-0.3, -0.25) is 0 Å². The number of methoxy groups -OCH3 is 1. The third kappa shape index (κ3) is 7.61. The van der Waals surface area contributed by atoms with E-state index >= 15 is 0 Å². The van der Waals surface area contributed by atoms with E-state index in [4.69, 9.17) is 14.2 Å². The molecule has 4 nitrogen and oxygen atoms in total. The van der Waals surface area contributed by atoms with E-state index in [0.717, 1.165) is 29.7 Å². The van der Waals surface area contributed by atoms with Gasteiger partial charge in [0.25, 0.3) is 0 Å². The van der Waals surface area contributed by atoms with Crippen LogP contribution in [0, 0.1) is 0 Å². The highest BCUT2D eigenvalue weighted by molar-refractivity contribution is 5.91. The van der Waals surface area contributed by atoms with Gasteiger partial charge in [-0.1, -0.05) is 77.9 Å². The minimum absolute atomic E-state index is 0.0601. The van der Waals surface area contributed by atoms with Crippen molar-refractivity contribution in [3.63, 3.8) is 0 Å². The lowest BCUT2D eigenvalue weighted by Gasteiger charge is -2.26. The van der Waals surface area contributed by atoms with E-state index in [1.807, 2.05) is 42.5 Å². The molecule has 0 aliphatic heterocycles. The largest absolute Gasteiger partial charge is 0.494 e. The molecule has 0 N–H and O–H groups in total. The van der Waals surface area contributed by atoms with Gasteiger partial charge in [-0.2, -0.15) is 0 Å². The Labute approximate surface area is 216 Å². The van der Waals surface area contributed by atoms with Gasteiger partial charge in [0.05, 0.1) is 25.9 Å². The summed E-state index contributed by atoms with van der Waals surface area (Å²) in [4.78, 5) is 12.2. The summed E-state index contributed by atoms with van der Waals surface area (Å²) in [6.07, 6.45) is 1.71. The summed E-state index contributed by atoms with van der Waals surface area (Å²) in [5.41, 5.74) is 5.11. The van der Waals surface area contributed by atoms with Gasteiger partial charge in [0.1, 0.15) is 11.5 Å². The van der Waals surface area contributed by atoms with Crippen LogP contribution in [0.15, 0.2) is 66.7 Å². The van der Waals surface area contributed by atoms with E-state index in [1.54, 1.807) is 6.07 Å². The summed E-state index contributed by atoms with van der Waals surface area (Å²) >= 11 is 0. The van der Waals surface area contributed by atoms with Crippen molar-refractivity contribution in [2.24, 2.45) is 0 Å².